The van der Waals surface area contributed by atoms with Crippen molar-refractivity contribution in [2.45, 2.75) is 40.5 Å². The van der Waals surface area contributed by atoms with Gasteiger partial charge in [-0.15, -0.1) is 0 Å². The average Bonchev–Trinajstić information content (AvgIpc) is 1.78. The highest BCUT2D eigenvalue weighted by Crippen LogP contribution is 2.18. The number of rotatable bonds is 4. The third-order valence-corrected chi connectivity index (χ3v) is 2.02. The molecule has 0 aliphatic rings. The van der Waals surface area contributed by atoms with Crippen LogP contribution in [-0.2, 0) is 0 Å². The summed E-state index contributed by atoms with van der Waals surface area (Å²) in [6.07, 6.45) is 2.66. The second-order valence-corrected chi connectivity index (χ2v) is 5.73. The van der Waals surface area contributed by atoms with Crippen LogP contribution < -0.4 is 0 Å². The molecule has 0 saturated heterocycles. The topological polar surface area (TPSA) is 0 Å². The van der Waals surface area contributed by atoms with Crippen LogP contribution in [0.4, 0.5) is 0 Å². The second-order valence-electron chi connectivity index (χ2n) is 5.73. The lowest BCUT2D eigenvalue weighted by Crippen LogP contribution is -2.46. The summed E-state index contributed by atoms with van der Waals surface area (Å²) in [6.45, 7) is 11.8. The molecule has 0 amide bonds. The number of hydrogen-bond donors (Lipinski definition) is 0. The Balaban J connectivity index is 3.86. The van der Waals surface area contributed by atoms with Crippen LogP contribution in [0.3, 0.4) is 0 Å². The van der Waals surface area contributed by atoms with E-state index in [0.717, 1.165) is 4.48 Å². The maximum Gasteiger partial charge on any atom is 0.0831 e. The van der Waals surface area contributed by atoms with Gasteiger partial charge >= 0.3 is 0 Å². The summed E-state index contributed by atoms with van der Waals surface area (Å²) >= 11 is 0. The number of nitrogens with zero attached hydrogens (tertiary/aromatic N) is 1. The molecule has 0 aliphatic heterocycles. The molecular formula is C11H26N+. The Hall–Kier alpha value is -0.0400. The zero-order valence-corrected chi connectivity index (χ0v) is 9.78. The average molecular weight is 172 g/mol. The fourth-order valence-corrected chi connectivity index (χ4v) is 1.95. The molecule has 0 N–H and O–H groups in total. The van der Waals surface area contributed by atoms with Crippen molar-refractivity contribution in [3.05, 3.63) is 0 Å². The Bertz CT molecular complexity index is 119. The van der Waals surface area contributed by atoms with Crippen molar-refractivity contribution in [2.75, 3.05) is 27.2 Å². The highest BCUT2D eigenvalue weighted by atomic mass is 15.3. The van der Waals surface area contributed by atoms with Crippen molar-refractivity contribution in [1.29, 1.82) is 0 Å². The van der Waals surface area contributed by atoms with E-state index in [1.54, 1.807) is 0 Å². The summed E-state index contributed by atoms with van der Waals surface area (Å²) in [6, 6.07) is 0. The summed E-state index contributed by atoms with van der Waals surface area (Å²) < 4.78 is 1.16. The molecule has 0 unspecified atom stereocenters. The Morgan fingerprint density at radius 3 is 1.92 bits per heavy atom. The highest BCUT2D eigenvalue weighted by molar-refractivity contribution is 4.59. The molecule has 0 heterocycles. The molecule has 0 bridgehead atoms. The van der Waals surface area contributed by atoms with Crippen molar-refractivity contribution in [3.8, 4) is 0 Å². The number of unbranched alkanes of at least 4 members (excludes halogenated alkanes) is 1. The first-order valence-corrected chi connectivity index (χ1v) is 5.09. The molecule has 0 aliphatic carbocycles. The minimum absolute atomic E-state index is 0.456. The third kappa shape index (κ3) is 6.66. The first kappa shape index (κ1) is 12.0. The summed E-state index contributed by atoms with van der Waals surface area (Å²) in [5.41, 5.74) is 0.456. The molecule has 1 heteroatoms. The third-order valence-electron chi connectivity index (χ3n) is 2.02. The zero-order valence-electron chi connectivity index (χ0n) is 9.78. The minimum Gasteiger partial charge on any atom is -0.328 e. The molecule has 12 heavy (non-hydrogen) atoms. The van der Waals surface area contributed by atoms with Crippen LogP contribution in [0.15, 0.2) is 0 Å². The first-order chi connectivity index (χ1) is 5.27. The van der Waals surface area contributed by atoms with Gasteiger partial charge in [0.1, 0.15) is 0 Å². The SMILES string of the molecule is CCCC[N+](C)(C)CC(C)(C)C. The van der Waals surface area contributed by atoms with E-state index in [4.69, 9.17) is 0 Å². The van der Waals surface area contributed by atoms with Crippen LogP contribution in [-0.4, -0.2) is 31.7 Å². The Kier molecular flexibility index (Phi) is 4.25. The van der Waals surface area contributed by atoms with Gasteiger partial charge in [-0.25, -0.2) is 0 Å². The van der Waals surface area contributed by atoms with E-state index in [9.17, 15) is 0 Å². The van der Waals surface area contributed by atoms with Crippen molar-refractivity contribution in [3.63, 3.8) is 0 Å². The van der Waals surface area contributed by atoms with Crippen LogP contribution >= 0.6 is 0 Å². The van der Waals surface area contributed by atoms with Gasteiger partial charge < -0.3 is 4.48 Å². The summed E-state index contributed by atoms with van der Waals surface area (Å²) in [7, 11) is 4.67. The fourth-order valence-electron chi connectivity index (χ4n) is 1.95. The molecule has 0 aromatic carbocycles. The van der Waals surface area contributed by atoms with Crippen molar-refractivity contribution in [1.82, 2.24) is 0 Å². The molecule has 0 saturated carbocycles. The Morgan fingerprint density at radius 1 is 1.08 bits per heavy atom. The van der Waals surface area contributed by atoms with Crippen LogP contribution in [0.25, 0.3) is 0 Å². The molecule has 74 valence electrons. The standard InChI is InChI=1S/C11H26N/c1-7-8-9-12(5,6)10-11(2,3)4/h7-10H2,1-6H3/q+1. The van der Waals surface area contributed by atoms with E-state index in [1.165, 1.54) is 25.9 Å². The minimum atomic E-state index is 0.456. The second kappa shape index (κ2) is 4.27. The number of hydrogen-bond acceptors (Lipinski definition) is 0. The lowest BCUT2D eigenvalue weighted by Gasteiger charge is -2.35. The maximum absolute atomic E-state index is 2.33. The normalized spacial score (nSPS) is 13.5. The van der Waals surface area contributed by atoms with Gasteiger partial charge in [0.2, 0.25) is 0 Å². The van der Waals surface area contributed by atoms with Gasteiger partial charge in [0.25, 0.3) is 0 Å². The quantitative estimate of drug-likeness (QED) is 0.572. The summed E-state index contributed by atoms with van der Waals surface area (Å²) in [4.78, 5) is 0. The molecule has 1 nitrogen and oxygen atoms in total. The smallest absolute Gasteiger partial charge is 0.0831 e. The van der Waals surface area contributed by atoms with Gasteiger partial charge in [0.05, 0.1) is 27.2 Å². The van der Waals surface area contributed by atoms with Gasteiger partial charge in [0, 0.05) is 5.41 Å². The molecule has 0 radical (unpaired) electrons. The summed E-state index contributed by atoms with van der Waals surface area (Å²) in [5, 5.41) is 0. The van der Waals surface area contributed by atoms with Crippen molar-refractivity contribution < 1.29 is 4.48 Å². The van der Waals surface area contributed by atoms with Gasteiger partial charge in [0.15, 0.2) is 0 Å². The molecule has 0 spiro atoms. The van der Waals surface area contributed by atoms with Gasteiger partial charge in [-0.2, -0.15) is 0 Å². The van der Waals surface area contributed by atoms with Gasteiger partial charge in [-0.05, 0) is 6.42 Å². The van der Waals surface area contributed by atoms with Gasteiger partial charge in [-0.3, -0.25) is 0 Å². The van der Waals surface area contributed by atoms with E-state index in [-0.39, 0.29) is 0 Å². The molecule has 0 aromatic rings. The molecule has 0 aromatic heterocycles. The van der Waals surface area contributed by atoms with Crippen molar-refractivity contribution >= 4 is 0 Å². The monoisotopic (exact) mass is 172 g/mol. The lowest BCUT2D eigenvalue weighted by atomic mass is 9.95. The van der Waals surface area contributed by atoms with E-state index in [0.29, 0.717) is 5.41 Å². The molecule has 0 rings (SSSR count). The Morgan fingerprint density at radius 2 is 1.58 bits per heavy atom. The predicted molar refractivity (Wildman–Crippen MR) is 56.2 cm³/mol. The van der Waals surface area contributed by atoms with E-state index < -0.39 is 0 Å². The van der Waals surface area contributed by atoms with Crippen LogP contribution in [0.1, 0.15) is 40.5 Å². The zero-order chi connectivity index (χ0) is 9.83. The lowest BCUT2D eigenvalue weighted by molar-refractivity contribution is -0.896. The van der Waals surface area contributed by atoms with Gasteiger partial charge in [-0.1, -0.05) is 34.1 Å². The van der Waals surface area contributed by atoms with Crippen LogP contribution in [0, 0.1) is 5.41 Å². The number of quaternary nitrogens is 1. The van der Waals surface area contributed by atoms with E-state index in [2.05, 4.69) is 41.8 Å². The van der Waals surface area contributed by atoms with Crippen LogP contribution in [0.5, 0.6) is 0 Å². The predicted octanol–water partition coefficient (Wildman–Crippen LogP) is 2.91. The molecule has 0 atom stereocenters. The van der Waals surface area contributed by atoms with E-state index >= 15 is 0 Å². The maximum atomic E-state index is 2.33. The van der Waals surface area contributed by atoms with Crippen LogP contribution in [0.2, 0.25) is 0 Å². The largest absolute Gasteiger partial charge is 0.328 e. The van der Waals surface area contributed by atoms with Crippen molar-refractivity contribution in [2.24, 2.45) is 5.41 Å². The fraction of sp³-hybridized carbons (Fsp3) is 1.00. The molecular weight excluding hydrogens is 146 g/mol. The van der Waals surface area contributed by atoms with E-state index in [1.807, 2.05) is 0 Å². The summed E-state index contributed by atoms with van der Waals surface area (Å²) in [5.74, 6) is 0. The highest BCUT2D eigenvalue weighted by Gasteiger charge is 2.23. The first-order valence-electron chi connectivity index (χ1n) is 5.09. The Labute approximate surface area is 78.4 Å². The molecule has 0 fully saturated rings.